The summed E-state index contributed by atoms with van der Waals surface area (Å²) in [6.45, 7) is 0.396. The molecule has 0 saturated heterocycles. The molecule has 2 aromatic heterocycles. The van der Waals surface area contributed by atoms with E-state index in [1.54, 1.807) is 12.1 Å². The fourth-order valence-corrected chi connectivity index (χ4v) is 2.32. The fourth-order valence-electron chi connectivity index (χ4n) is 1.29. The Hall–Kier alpha value is -1.59. The number of carbonyl (C=O) groups is 1. The van der Waals surface area contributed by atoms with E-state index in [4.69, 9.17) is 11.6 Å². The largest absolute Gasteiger partial charge is 0.346 e. The van der Waals surface area contributed by atoms with Gasteiger partial charge in [-0.15, -0.1) is 11.3 Å². The molecule has 0 bridgehead atoms. The van der Waals surface area contributed by atoms with Crippen molar-refractivity contribution in [3.05, 3.63) is 55.6 Å². The quantitative estimate of drug-likeness (QED) is 0.895. The average molecular weight is 269 g/mol. The standard InChI is InChI=1S/C11H9ClN2O2S/c12-9-5-4-7(17-9)6-13-11(16)8-2-1-3-10(15)14-8/h1-5H,6H2,(H,13,16)(H,14,15). The van der Waals surface area contributed by atoms with Crippen LogP contribution in [0.3, 0.4) is 0 Å². The van der Waals surface area contributed by atoms with Gasteiger partial charge in [0.05, 0.1) is 10.9 Å². The molecule has 2 aromatic rings. The molecule has 0 aliphatic carbocycles. The first kappa shape index (κ1) is 11.9. The van der Waals surface area contributed by atoms with Crippen molar-refractivity contribution in [1.82, 2.24) is 10.3 Å². The molecule has 0 spiro atoms. The molecule has 2 N–H and O–H groups in total. The third-order valence-corrected chi connectivity index (χ3v) is 3.30. The van der Waals surface area contributed by atoms with Gasteiger partial charge < -0.3 is 10.3 Å². The number of carbonyl (C=O) groups excluding carboxylic acids is 1. The third kappa shape index (κ3) is 3.18. The van der Waals surface area contributed by atoms with Gasteiger partial charge >= 0.3 is 0 Å². The Morgan fingerprint density at radius 2 is 2.18 bits per heavy atom. The number of thiophene rings is 1. The zero-order valence-corrected chi connectivity index (χ0v) is 10.3. The van der Waals surface area contributed by atoms with Gasteiger partial charge in [0, 0.05) is 10.9 Å². The zero-order chi connectivity index (χ0) is 12.3. The maximum atomic E-state index is 11.7. The minimum absolute atomic E-state index is 0.250. The maximum absolute atomic E-state index is 11.7. The zero-order valence-electron chi connectivity index (χ0n) is 8.70. The number of nitrogens with one attached hydrogen (secondary N) is 2. The summed E-state index contributed by atoms with van der Waals surface area (Å²) in [4.78, 5) is 26.1. The Bertz CT molecular complexity index is 591. The first-order chi connectivity index (χ1) is 8.15. The summed E-state index contributed by atoms with van der Waals surface area (Å²) in [7, 11) is 0. The summed E-state index contributed by atoms with van der Waals surface area (Å²) in [6, 6.07) is 8.07. The lowest BCUT2D eigenvalue weighted by molar-refractivity contribution is 0.0946. The van der Waals surface area contributed by atoms with Crippen LogP contribution in [0.2, 0.25) is 4.34 Å². The molecule has 0 atom stereocenters. The highest BCUT2D eigenvalue weighted by Crippen LogP contribution is 2.20. The SMILES string of the molecule is O=C(NCc1ccc(Cl)s1)c1cccc(=O)[nH]1. The van der Waals surface area contributed by atoms with Crippen LogP contribution in [0.4, 0.5) is 0 Å². The van der Waals surface area contributed by atoms with Crippen molar-refractivity contribution in [2.45, 2.75) is 6.54 Å². The number of H-pyrrole nitrogens is 1. The van der Waals surface area contributed by atoms with Crippen LogP contribution in [0.5, 0.6) is 0 Å². The summed E-state index contributed by atoms with van der Waals surface area (Å²) in [5, 5.41) is 2.70. The molecule has 6 heteroatoms. The van der Waals surface area contributed by atoms with Crippen LogP contribution >= 0.6 is 22.9 Å². The molecule has 0 saturated carbocycles. The molecule has 2 rings (SSSR count). The highest BCUT2D eigenvalue weighted by molar-refractivity contribution is 7.16. The molecule has 0 unspecified atom stereocenters. The molecule has 0 aromatic carbocycles. The summed E-state index contributed by atoms with van der Waals surface area (Å²) in [6.07, 6.45) is 0. The van der Waals surface area contributed by atoms with Crippen LogP contribution in [0.25, 0.3) is 0 Å². The van der Waals surface area contributed by atoms with Crippen molar-refractivity contribution in [1.29, 1.82) is 0 Å². The number of pyridine rings is 1. The number of rotatable bonds is 3. The first-order valence-corrected chi connectivity index (χ1v) is 6.06. The number of aromatic amines is 1. The summed E-state index contributed by atoms with van der Waals surface area (Å²) in [5.41, 5.74) is -0.0445. The molecule has 0 radical (unpaired) electrons. The normalized spacial score (nSPS) is 10.2. The molecule has 4 nitrogen and oxygen atoms in total. The van der Waals surface area contributed by atoms with E-state index in [0.717, 1.165) is 4.88 Å². The van der Waals surface area contributed by atoms with E-state index >= 15 is 0 Å². The first-order valence-electron chi connectivity index (χ1n) is 4.87. The van der Waals surface area contributed by atoms with Gasteiger partial charge in [-0.2, -0.15) is 0 Å². The highest BCUT2D eigenvalue weighted by Gasteiger charge is 2.06. The second-order valence-corrected chi connectivity index (χ2v) is 5.12. The fraction of sp³-hybridized carbons (Fsp3) is 0.0909. The highest BCUT2D eigenvalue weighted by atomic mass is 35.5. The molecule has 0 aliphatic rings. The summed E-state index contributed by atoms with van der Waals surface area (Å²) in [5.74, 6) is -0.313. The van der Waals surface area contributed by atoms with Gasteiger partial charge in [0.1, 0.15) is 5.69 Å². The predicted molar refractivity (Wildman–Crippen MR) is 67.6 cm³/mol. The molecule has 17 heavy (non-hydrogen) atoms. The van der Waals surface area contributed by atoms with Crippen molar-refractivity contribution in [2.24, 2.45) is 0 Å². The van der Waals surface area contributed by atoms with Crippen LogP contribution in [-0.4, -0.2) is 10.9 Å². The van der Waals surface area contributed by atoms with E-state index in [0.29, 0.717) is 10.9 Å². The Labute approximate surface area is 106 Å². The van der Waals surface area contributed by atoms with Gasteiger partial charge in [0.25, 0.3) is 5.91 Å². The smallest absolute Gasteiger partial charge is 0.268 e. The number of halogens is 1. The van der Waals surface area contributed by atoms with E-state index in [1.165, 1.54) is 23.5 Å². The monoisotopic (exact) mass is 268 g/mol. The van der Waals surface area contributed by atoms with Gasteiger partial charge in [-0.05, 0) is 18.2 Å². The van der Waals surface area contributed by atoms with Crippen molar-refractivity contribution in [3.8, 4) is 0 Å². The van der Waals surface area contributed by atoms with Crippen LogP contribution in [-0.2, 0) is 6.54 Å². The molecule has 0 aliphatic heterocycles. The van der Waals surface area contributed by atoms with Gasteiger partial charge in [-0.1, -0.05) is 17.7 Å². The molecule has 88 valence electrons. The summed E-state index contributed by atoms with van der Waals surface area (Å²) >= 11 is 7.18. The molecular weight excluding hydrogens is 260 g/mol. The lowest BCUT2D eigenvalue weighted by atomic mass is 10.3. The topological polar surface area (TPSA) is 62.0 Å². The van der Waals surface area contributed by atoms with E-state index in [1.807, 2.05) is 6.07 Å². The van der Waals surface area contributed by atoms with E-state index in [9.17, 15) is 9.59 Å². The Kier molecular flexibility index (Phi) is 3.61. The van der Waals surface area contributed by atoms with Crippen molar-refractivity contribution in [3.63, 3.8) is 0 Å². The Morgan fingerprint density at radius 1 is 1.35 bits per heavy atom. The van der Waals surface area contributed by atoms with E-state index < -0.39 is 0 Å². The molecule has 1 amide bonds. The third-order valence-electron chi connectivity index (χ3n) is 2.07. The molecular formula is C11H9ClN2O2S. The number of aromatic nitrogens is 1. The lowest BCUT2D eigenvalue weighted by Gasteiger charge is -2.02. The lowest BCUT2D eigenvalue weighted by Crippen LogP contribution is -2.25. The second-order valence-electron chi connectivity index (χ2n) is 3.32. The van der Waals surface area contributed by atoms with Crippen LogP contribution in [0, 0.1) is 0 Å². The van der Waals surface area contributed by atoms with E-state index in [-0.39, 0.29) is 17.2 Å². The molecule has 0 fully saturated rings. The summed E-state index contributed by atoms with van der Waals surface area (Å²) < 4.78 is 0.683. The van der Waals surface area contributed by atoms with Crippen LogP contribution in [0.1, 0.15) is 15.4 Å². The number of amides is 1. The van der Waals surface area contributed by atoms with E-state index in [2.05, 4.69) is 10.3 Å². The van der Waals surface area contributed by atoms with Crippen LogP contribution < -0.4 is 10.9 Å². The van der Waals surface area contributed by atoms with Crippen LogP contribution in [0.15, 0.2) is 35.1 Å². The van der Waals surface area contributed by atoms with Crippen molar-refractivity contribution < 1.29 is 4.79 Å². The maximum Gasteiger partial charge on any atom is 0.268 e. The van der Waals surface area contributed by atoms with Gasteiger partial charge in [-0.3, -0.25) is 9.59 Å². The Balaban J connectivity index is 2.00. The average Bonchev–Trinajstić information content (AvgIpc) is 2.72. The number of hydrogen-bond acceptors (Lipinski definition) is 3. The number of hydrogen-bond donors (Lipinski definition) is 2. The Morgan fingerprint density at radius 3 is 2.82 bits per heavy atom. The second kappa shape index (κ2) is 5.16. The minimum atomic E-state index is -0.313. The van der Waals surface area contributed by atoms with Gasteiger partial charge in [-0.25, -0.2) is 0 Å². The predicted octanol–water partition coefficient (Wildman–Crippen LogP) is 2.02. The minimum Gasteiger partial charge on any atom is -0.346 e. The van der Waals surface area contributed by atoms with Gasteiger partial charge in [0.15, 0.2) is 0 Å². The van der Waals surface area contributed by atoms with Gasteiger partial charge in [0.2, 0.25) is 5.56 Å². The van der Waals surface area contributed by atoms with Crippen molar-refractivity contribution >= 4 is 28.8 Å². The van der Waals surface area contributed by atoms with Crippen molar-refractivity contribution in [2.75, 3.05) is 0 Å². The molecule has 2 heterocycles.